The van der Waals surface area contributed by atoms with Crippen molar-refractivity contribution in [1.82, 2.24) is 0 Å². The van der Waals surface area contributed by atoms with Crippen molar-refractivity contribution in [2.75, 3.05) is 0 Å². The number of hydrogen-bond acceptors (Lipinski definition) is 2. The number of ketones is 1. The van der Waals surface area contributed by atoms with Crippen molar-refractivity contribution in [1.29, 1.82) is 5.26 Å². The van der Waals surface area contributed by atoms with Gasteiger partial charge in [-0.05, 0) is 5.56 Å². The van der Waals surface area contributed by atoms with Gasteiger partial charge in [-0.2, -0.15) is 5.26 Å². The fraction of sp³-hybridized carbons (Fsp3) is 0. The predicted molar refractivity (Wildman–Crippen MR) is 70.8 cm³/mol. The summed E-state index contributed by atoms with van der Waals surface area (Å²) in [5.74, 6) is -0.156. The molecule has 2 heteroatoms. The van der Waals surface area contributed by atoms with E-state index in [1.807, 2.05) is 36.4 Å². The van der Waals surface area contributed by atoms with Crippen LogP contribution in [-0.4, -0.2) is 5.78 Å². The van der Waals surface area contributed by atoms with Crippen LogP contribution < -0.4 is 0 Å². The summed E-state index contributed by atoms with van der Waals surface area (Å²) >= 11 is 0. The van der Waals surface area contributed by atoms with Crippen molar-refractivity contribution >= 4 is 11.4 Å². The minimum atomic E-state index is -0.156. The highest BCUT2D eigenvalue weighted by Crippen LogP contribution is 2.14. The first-order valence-corrected chi connectivity index (χ1v) is 5.58. The average molecular weight is 233 g/mol. The van der Waals surface area contributed by atoms with Gasteiger partial charge in [-0.3, -0.25) is 4.79 Å². The minimum Gasteiger partial charge on any atom is -0.289 e. The van der Waals surface area contributed by atoms with Gasteiger partial charge < -0.3 is 0 Å². The van der Waals surface area contributed by atoms with Crippen molar-refractivity contribution < 1.29 is 4.79 Å². The number of carbonyl (C=O) groups is 1. The Hall–Kier alpha value is -2.66. The van der Waals surface area contributed by atoms with E-state index in [0.29, 0.717) is 11.1 Å². The molecule has 0 aliphatic carbocycles. The first kappa shape index (κ1) is 11.8. The second-order valence-corrected chi connectivity index (χ2v) is 3.77. The van der Waals surface area contributed by atoms with Crippen LogP contribution in [0.1, 0.15) is 15.9 Å². The monoisotopic (exact) mass is 233 g/mol. The zero-order valence-corrected chi connectivity index (χ0v) is 9.71. The van der Waals surface area contributed by atoms with Crippen molar-refractivity contribution in [2.24, 2.45) is 0 Å². The topological polar surface area (TPSA) is 40.9 Å². The molecule has 2 aromatic carbocycles. The van der Waals surface area contributed by atoms with E-state index in [4.69, 9.17) is 5.26 Å². The fourth-order valence-electron chi connectivity index (χ4n) is 1.61. The average Bonchev–Trinajstić information content (AvgIpc) is 2.46. The number of nitriles is 1. The molecule has 2 aromatic rings. The molecule has 0 aromatic heterocycles. The molecule has 0 bridgehead atoms. The maximum Gasteiger partial charge on any atom is 0.187 e. The van der Waals surface area contributed by atoms with Gasteiger partial charge >= 0.3 is 0 Å². The molecule has 0 fully saturated rings. The molecule has 2 rings (SSSR count). The highest BCUT2D eigenvalue weighted by atomic mass is 16.1. The van der Waals surface area contributed by atoms with Crippen LogP contribution in [0.15, 0.2) is 66.7 Å². The quantitative estimate of drug-likeness (QED) is 0.462. The lowest BCUT2D eigenvalue weighted by atomic mass is 10.0. The van der Waals surface area contributed by atoms with Crippen molar-refractivity contribution in [3.8, 4) is 6.07 Å². The Labute approximate surface area is 106 Å². The van der Waals surface area contributed by atoms with E-state index in [-0.39, 0.29) is 5.78 Å². The van der Waals surface area contributed by atoms with Gasteiger partial charge in [0.25, 0.3) is 0 Å². The summed E-state index contributed by atoms with van der Waals surface area (Å²) in [7, 11) is 0. The summed E-state index contributed by atoms with van der Waals surface area (Å²) in [5, 5.41) is 9.10. The number of benzene rings is 2. The van der Waals surface area contributed by atoms with E-state index in [1.54, 1.807) is 24.3 Å². The van der Waals surface area contributed by atoms with Crippen LogP contribution in [0.25, 0.3) is 5.57 Å². The summed E-state index contributed by atoms with van der Waals surface area (Å²) in [6.07, 6.45) is 1.38. The normalized spacial score (nSPS) is 10.7. The molecule has 0 heterocycles. The fourth-order valence-corrected chi connectivity index (χ4v) is 1.61. The lowest BCUT2D eigenvalue weighted by Crippen LogP contribution is -1.95. The third-order valence-electron chi connectivity index (χ3n) is 2.54. The number of nitrogens with zero attached hydrogens (tertiary/aromatic N) is 1. The Bertz CT molecular complexity index is 607. The zero-order valence-electron chi connectivity index (χ0n) is 9.71. The second kappa shape index (κ2) is 5.60. The predicted octanol–water partition coefficient (Wildman–Crippen LogP) is 3.48. The molecule has 18 heavy (non-hydrogen) atoms. The number of carbonyl (C=O) groups excluding carboxylic acids is 1. The van der Waals surface area contributed by atoms with Crippen LogP contribution in [0.4, 0.5) is 0 Å². The van der Waals surface area contributed by atoms with Crippen molar-refractivity contribution in [3.63, 3.8) is 0 Å². The lowest BCUT2D eigenvalue weighted by molar-refractivity contribution is 0.104. The van der Waals surface area contributed by atoms with Gasteiger partial charge in [-0.1, -0.05) is 60.7 Å². The van der Waals surface area contributed by atoms with Crippen LogP contribution >= 0.6 is 0 Å². The van der Waals surface area contributed by atoms with E-state index < -0.39 is 0 Å². The summed E-state index contributed by atoms with van der Waals surface area (Å²) < 4.78 is 0. The van der Waals surface area contributed by atoms with E-state index in [0.717, 1.165) is 5.56 Å². The third-order valence-corrected chi connectivity index (χ3v) is 2.54. The van der Waals surface area contributed by atoms with Crippen LogP contribution in [-0.2, 0) is 0 Å². The maximum absolute atomic E-state index is 12.0. The van der Waals surface area contributed by atoms with E-state index >= 15 is 0 Å². The SMILES string of the molecule is N#C/C(=C/C(=O)c1ccccc1)c1ccccc1. The Balaban J connectivity index is 2.33. The minimum absolute atomic E-state index is 0.156. The Morgan fingerprint density at radius 1 is 0.889 bits per heavy atom. The maximum atomic E-state index is 12.0. The van der Waals surface area contributed by atoms with Crippen molar-refractivity contribution in [3.05, 3.63) is 77.9 Å². The first-order chi connectivity index (χ1) is 8.81. The molecule has 0 atom stereocenters. The zero-order chi connectivity index (χ0) is 12.8. The standard InChI is InChI=1S/C16H11NO/c17-12-15(13-7-3-1-4-8-13)11-16(18)14-9-5-2-6-10-14/h1-11H/b15-11-. The van der Waals surface area contributed by atoms with E-state index in [9.17, 15) is 4.79 Å². The first-order valence-electron chi connectivity index (χ1n) is 5.58. The van der Waals surface area contributed by atoms with Gasteiger partial charge in [0.2, 0.25) is 0 Å². The summed E-state index contributed by atoms with van der Waals surface area (Å²) in [6.45, 7) is 0. The molecule has 0 amide bonds. The Morgan fingerprint density at radius 3 is 1.89 bits per heavy atom. The van der Waals surface area contributed by atoms with Gasteiger partial charge in [0.1, 0.15) is 0 Å². The molecule has 0 saturated carbocycles. The number of allylic oxidation sites excluding steroid dienone is 2. The summed E-state index contributed by atoms with van der Waals surface area (Å²) in [6, 6.07) is 20.2. The van der Waals surface area contributed by atoms with Crippen LogP contribution in [0.3, 0.4) is 0 Å². The molecule has 0 aliphatic heterocycles. The molecule has 0 saturated heterocycles. The molecular formula is C16H11NO. The molecule has 0 spiro atoms. The highest BCUT2D eigenvalue weighted by molar-refractivity contribution is 6.10. The van der Waals surface area contributed by atoms with E-state index in [1.165, 1.54) is 6.08 Å². The van der Waals surface area contributed by atoms with Crippen molar-refractivity contribution in [2.45, 2.75) is 0 Å². The van der Waals surface area contributed by atoms with Gasteiger partial charge in [0.15, 0.2) is 5.78 Å². The molecular weight excluding hydrogens is 222 g/mol. The largest absolute Gasteiger partial charge is 0.289 e. The molecule has 0 unspecified atom stereocenters. The Morgan fingerprint density at radius 2 is 1.39 bits per heavy atom. The van der Waals surface area contributed by atoms with Gasteiger partial charge in [-0.25, -0.2) is 0 Å². The second-order valence-electron chi connectivity index (χ2n) is 3.77. The molecule has 86 valence electrons. The number of hydrogen-bond donors (Lipinski definition) is 0. The van der Waals surface area contributed by atoms with Crippen LogP contribution in [0.5, 0.6) is 0 Å². The molecule has 0 radical (unpaired) electrons. The van der Waals surface area contributed by atoms with Gasteiger partial charge in [0, 0.05) is 11.6 Å². The number of rotatable bonds is 3. The Kier molecular flexibility index (Phi) is 3.68. The lowest BCUT2D eigenvalue weighted by Gasteiger charge is -1.99. The molecule has 2 nitrogen and oxygen atoms in total. The third kappa shape index (κ3) is 2.72. The summed E-state index contributed by atoms with van der Waals surface area (Å²) in [4.78, 5) is 12.0. The van der Waals surface area contributed by atoms with Crippen LogP contribution in [0.2, 0.25) is 0 Å². The van der Waals surface area contributed by atoms with Crippen LogP contribution in [0, 0.1) is 11.3 Å². The molecule has 0 N–H and O–H groups in total. The van der Waals surface area contributed by atoms with Gasteiger partial charge in [-0.15, -0.1) is 0 Å². The smallest absolute Gasteiger partial charge is 0.187 e. The highest BCUT2D eigenvalue weighted by Gasteiger charge is 2.05. The van der Waals surface area contributed by atoms with Gasteiger partial charge in [0.05, 0.1) is 11.6 Å². The van der Waals surface area contributed by atoms with E-state index in [2.05, 4.69) is 6.07 Å². The molecule has 0 aliphatic rings. The summed E-state index contributed by atoms with van der Waals surface area (Å²) in [5.41, 5.74) is 1.72.